The summed E-state index contributed by atoms with van der Waals surface area (Å²) in [6, 6.07) is 10.9. The van der Waals surface area contributed by atoms with Gasteiger partial charge in [-0.05, 0) is 24.6 Å². The van der Waals surface area contributed by atoms with Crippen molar-refractivity contribution in [3.05, 3.63) is 47.7 Å². The highest BCUT2D eigenvalue weighted by Gasteiger charge is 2.72. The third-order valence-corrected chi connectivity index (χ3v) is 6.37. The SMILES string of the molecule is C[C@@H](O)[C@H]1C(=O)C12NC(C(=O)O)=C(CNc1cccc3c(OCC(N)=O)cccc13)[C@@H]2C. The molecule has 1 fully saturated rings. The highest BCUT2D eigenvalue weighted by Crippen LogP contribution is 2.53. The number of ether oxygens (including phenoxy) is 1. The van der Waals surface area contributed by atoms with Crippen molar-refractivity contribution in [1.82, 2.24) is 5.32 Å². The molecule has 4 rings (SSSR count). The Morgan fingerprint density at radius 2 is 1.94 bits per heavy atom. The van der Waals surface area contributed by atoms with Gasteiger partial charge in [-0.1, -0.05) is 31.2 Å². The summed E-state index contributed by atoms with van der Waals surface area (Å²) >= 11 is 0. The highest BCUT2D eigenvalue weighted by molar-refractivity contribution is 6.12. The second-order valence-electron chi connectivity index (χ2n) is 8.27. The van der Waals surface area contributed by atoms with E-state index in [0.717, 1.165) is 16.5 Å². The van der Waals surface area contributed by atoms with E-state index in [2.05, 4.69) is 10.6 Å². The number of ketones is 1. The fourth-order valence-electron chi connectivity index (χ4n) is 4.78. The molecular weight excluding hydrogens is 414 g/mol. The number of primary amides is 1. The van der Waals surface area contributed by atoms with Crippen molar-refractivity contribution in [2.24, 2.45) is 17.6 Å². The van der Waals surface area contributed by atoms with E-state index in [4.69, 9.17) is 10.5 Å². The molecule has 0 saturated heterocycles. The van der Waals surface area contributed by atoms with Gasteiger partial charge in [-0.3, -0.25) is 9.59 Å². The number of carboxylic acids is 1. The van der Waals surface area contributed by atoms with Crippen molar-refractivity contribution in [2.75, 3.05) is 18.5 Å². The number of nitrogens with one attached hydrogen (secondary N) is 2. The molecule has 9 nitrogen and oxygen atoms in total. The topological polar surface area (TPSA) is 151 Å². The number of carbonyl (C=O) groups excluding carboxylic acids is 2. The van der Waals surface area contributed by atoms with E-state index in [0.29, 0.717) is 11.3 Å². The van der Waals surface area contributed by atoms with Crippen LogP contribution in [0.4, 0.5) is 5.69 Å². The zero-order chi connectivity index (χ0) is 23.2. The van der Waals surface area contributed by atoms with Gasteiger partial charge in [-0.15, -0.1) is 0 Å². The van der Waals surface area contributed by atoms with Crippen LogP contribution >= 0.6 is 0 Å². The second kappa shape index (κ2) is 7.83. The molecule has 4 atom stereocenters. The van der Waals surface area contributed by atoms with Gasteiger partial charge in [0.2, 0.25) is 0 Å². The number of carbonyl (C=O) groups is 3. The average molecular weight is 439 g/mol. The van der Waals surface area contributed by atoms with Gasteiger partial charge in [0.1, 0.15) is 17.0 Å². The summed E-state index contributed by atoms with van der Waals surface area (Å²) in [5.41, 5.74) is 5.41. The van der Waals surface area contributed by atoms with E-state index in [1.807, 2.05) is 24.3 Å². The number of carboxylic acid groups (broad SMARTS) is 1. The summed E-state index contributed by atoms with van der Waals surface area (Å²) in [5.74, 6) is -2.41. The molecule has 1 spiro atoms. The summed E-state index contributed by atoms with van der Waals surface area (Å²) < 4.78 is 5.50. The fourth-order valence-corrected chi connectivity index (χ4v) is 4.78. The molecule has 1 heterocycles. The Balaban J connectivity index is 1.61. The molecule has 9 heteroatoms. The van der Waals surface area contributed by atoms with Crippen LogP contribution in [0, 0.1) is 11.8 Å². The fraction of sp³-hybridized carbons (Fsp3) is 0.348. The molecular formula is C23H25N3O6. The van der Waals surface area contributed by atoms with Gasteiger partial charge in [0, 0.05) is 28.9 Å². The van der Waals surface area contributed by atoms with Crippen molar-refractivity contribution in [1.29, 1.82) is 0 Å². The lowest BCUT2D eigenvalue weighted by Gasteiger charge is -2.19. The number of hydrogen-bond acceptors (Lipinski definition) is 7. The van der Waals surface area contributed by atoms with Gasteiger partial charge < -0.3 is 31.3 Å². The lowest BCUT2D eigenvalue weighted by molar-refractivity contribution is -0.133. The Labute approximate surface area is 184 Å². The Kier molecular flexibility index (Phi) is 5.29. The summed E-state index contributed by atoms with van der Waals surface area (Å²) in [4.78, 5) is 35.4. The third kappa shape index (κ3) is 3.34. The van der Waals surface area contributed by atoms with Crippen LogP contribution in [0.5, 0.6) is 5.75 Å². The normalized spacial score (nSPS) is 25.0. The average Bonchev–Trinajstić information content (AvgIpc) is 3.24. The minimum Gasteiger partial charge on any atom is -0.483 e. The maximum Gasteiger partial charge on any atom is 0.352 e. The predicted molar refractivity (Wildman–Crippen MR) is 117 cm³/mol. The predicted octanol–water partition coefficient (Wildman–Crippen LogP) is 1.01. The van der Waals surface area contributed by atoms with Gasteiger partial charge in [0.15, 0.2) is 12.4 Å². The Morgan fingerprint density at radius 1 is 1.25 bits per heavy atom. The van der Waals surface area contributed by atoms with E-state index in [1.54, 1.807) is 19.1 Å². The van der Waals surface area contributed by atoms with E-state index in [9.17, 15) is 24.6 Å². The van der Waals surface area contributed by atoms with Crippen molar-refractivity contribution in [3.63, 3.8) is 0 Å². The largest absolute Gasteiger partial charge is 0.483 e. The van der Waals surface area contributed by atoms with Gasteiger partial charge in [0.05, 0.1) is 12.0 Å². The lowest BCUT2D eigenvalue weighted by Crippen LogP contribution is -2.37. The molecule has 1 unspecified atom stereocenters. The molecule has 2 aliphatic rings. The molecule has 6 N–H and O–H groups in total. The Morgan fingerprint density at radius 3 is 2.56 bits per heavy atom. The second-order valence-corrected chi connectivity index (χ2v) is 8.27. The summed E-state index contributed by atoms with van der Waals surface area (Å²) in [6.45, 7) is 3.30. The van der Waals surface area contributed by atoms with Gasteiger partial charge >= 0.3 is 5.97 Å². The summed E-state index contributed by atoms with van der Waals surface area (Å²) in [7, 11) is 0. The number of amides is 1. The van der Waals surface area contributed by atoms with E-state index < -0.39 is 35.4 Å². The first-order valence-electron chi connectivity index (χ1n) is 10.3. The molecule has 0 radical (unpaired) electrons. The van der Waals surface area contributed by atoms with Crippen LogP contribution in [0.15, 0.2) is 47.7 Å². The molecule has 1 aliphatic heterocycles. The quantitative estimate of drug-likeness (QED) is 0.409. The monoisotopic (exact) mass is 439 g/mol. The summed E-state index contributed by atoms with van der Waals surface area (Å²) in [5, 5.41) is 27.4. The number of hydrogen-bond donors (Lipinski definition) is 5. The minimum absolute atomic E-state index is 0.00721. The number of fused-ring (bicyclic) bond motifs is 1. The molecule has 32 heavy (non-hydrogen) atoms. The Bertz CT molecular complexity index is 1160. The van der Waals surface area contributed by atoms with Crippen molar-refractivity contribution in [2.45, 2.75) is 25.5 Å². The number of nitrogens with two attached hydrogens (primary N) is 1. The van der Waals surface area contributed by atoms with Crippen LogP contribution in [-0.2, 0) is 14.4 Å². The van der Waals surface area contributed by atoms with E-state index in [-0.39, 0.29) is 24.6 Å². The zero-order valence-electron chi connectivity index (χ0n) is 17.7. The number of anilines is 1. The van der Waals surface area contributed by atoms with Gasteiger partial charge in [-0.2, -0.15) is 0 Å². The number of aliphatic carboxylic acids is 1. The zero-order valence-corrected chi connectivity index (χ0v) is 17.7. The van der Waals surface area contributed by atoms with Gasteiger partial charge in [-0.25, -0.2) is 4.79 Å². The van der Waals surface area contributed by atoms with E-state index >= 15 is 0 Å². The first kappa shape index (κ1) is 21.6. The molecule has 168 valence electrons. The molecule has 2 aromatic rings. The van der Waals surface area contributed by atoms with Crippen LogP contribution < -0.4 is 21.1 Å². The maximum atomic E-state index is 12.5. The van der Waals surface area contributed by atoms with Crippen molar-refractivity contribution in [3.8, 4) is 5.75 Å². The highest BCUT2D eigenvalue weighted by atomic mass is 16.5. The van der Waals surface area contributed by atoms with Crippen LogP contribution in [0.3, 0.4) is 0 Å². The van der Waals surface area contributed by atoms with Crippen LogP contribution in [0.2, 0.25) is 0 Å². The number of Topliss-reactive ketones (excluding diaryl/α,β-unsaturated/α-hetero) is 1. The molecule has 1 aliphatic carbocycles. The molecule has 1 amide bonds. The number of benzene rings is 2. The van der Waals surface area contributed by atoms with Gasteiger partial charge in [0.25, 0.3) is 5.91 Å². The number of aliphatic hydroxyl groups is 1. The lowest BCUT2D eigenvalue weighted by atomic mass is 9.91. The van der Waals surface area contributed by atoms with Crippen molar-refractivity contribution < 1.29 is 29.3 Å². The number of rotatable bonds is 8. The van der Waals surface area contributed by atoms with E-state index in [1.165, 1.54) is 6.92 Å². The first-order chi connectivity index (χ1) is 15.2. The molecule has 0 bridgehead atoms. The summed E-state index contributed by atoms with van der Waals surface area (Å²) in [6.07, 6.45) is -0.864. The smallest absolute Gasteiger partial charge is 0.352 e. The molecule has 1 saturated carbocycles. The molecule has 0 aromatic heterocycles. The maximum absolute atomic E-state index is 12.5. The third-order valence-electron chi connectivity index (χ3n) is 6.37. The standard InChI is InChI=1S/C23H25N3O6/c1-11-15(20(22(30)31)26-23(11)19(12(2)27)21(23)29)9-25-16-7-3-6-14-13(16)5-4-8-17(14)32-10-18(24)28/h3-8,11-12,19,25-27H,9-10H2,1-2H3,(H2,24,28)(H,30,31)/t11-,12+,19-,23?/m0/s1. The van der Waals surface area contributed by atoms with Crippen LogP contribution in [0.25, 0.3) is 10.8 Å². The first-order valence-corrected chi connectivity index (χ1v) is 10.3. The number of aliphatic hydroxyl groups excluding tert-OH is 1. The van der Waals surface area contributed by atoms with Crippen molar-refractivity contribution >= 4 is 34.1 Å². The minimum atomic E-state index is -1.14. The van der Waals surface area contributed by atoms with Crippen LogP contribution in [0.1, 0.15) is 13.8 Å². The molecule has 2 aromatic carbocycles. The Hall–Kier alpha value is -3.59. The van der Waals surface area contributed by atoms with Crippen LogP contribution in [-0.4, -0.2) is 52.7 Å².